The second-order valence-corrected chi connectivity index (χ2v) is 7.76. The van der Waals surface area contributed by atoms with Crippen molar-refractivity contribution in [3.8, 4) is 0 Å². The molecule has 1 aromatic rings. The van der Waals surface area contributed by atoms with E-state index < -0.39 is 0 Å². The molecule has 1 unspecified atom stereocenters. The van der Waals surface area contributed by atoms with Gasteiger partial charge in [0, 0.05) is 25.6 Å². The van der Waals surface area contributed by atoms with E-state index in [-0.39, 0.29) is 29.6 Å². The van der Waals surface area contributed by atoms with Crippen molar-refractivity contribution in [1.29, 1.82) is 0 Å². The van der Waals surface area contributed by atoms with Gasteiger partial charge < -0.3 is 15.0 Å². The van der Waals surface area contributed by atoms with Crippen LogP contribution in [0.3, 0.4) is 0 Å². The van der Waals surface area contributed by atoms with Gasteiger partial charge in [0.15, 0.2) is 0 Å². The van der Waals surface area contributed by atoms with E-state index in [2.05, 4.69) is 29.6 Å². The zero-order valence-corrected chi connectivity index (χ0v) is 16.1. The number of hydrogen-bond acceptors (Lipinski definition) is 3. The number of likely N-dealkylation sites (tertiary alicyclic amines) is 1. The minimum atomic E-state index is -0.373. The zero-order valence-electron chi connectivity index (χ0n) is 16.1. The third-order valence-electron chi connectivity index (χ3n) is 5.44. The Labute approximate surface area is 156 Å². The quantitative estimate of drug-likeness (QED) is 0.900. The SMILES string of the molecule is CCC(=O)N1CCC2(CC1)OC(CC(=O)NC(C)C)Cc1ccccc12. The standard InChI is InChI=1S/C21H30N2O3/c1-4-20(25)23-11-9-21(10-12-23)18-8-6-5-7-16(18)13-17(26-21)14-19(24)22-15(2)3/h5-8,15,17H,4,9-14H2,1-3H3,(H,22,24). The summed E-state index contributed by atoms with van der Waals surface area (Å²) in [5, 5.41) is 2.96. The van der Waals surface area contributed by atoms with Crippen molar-refractivity contribution >= 4 is 11.8 Å². The summed E-state index contributed by atoms with van der Waals surface area (Å²) in [6.07, 6.45) is 3.16. The van der Waals surface area contributed by atoms with Gasteiger partial charge in [-0.1, -0.05) is 31.2 Å². The number of carbonyl (C=O) groups is 2. The lowest BCUT2D eigenvalue weighted by Crippen LogP contribution is -2.50. The molecule has 1 saturated heterocycles. The summed E-state index contributed by atoms with van der Waals surface area (Å²) in [4.78, 5) is 26.2. The van der Waals surface area contributed by atoms with Crippen molar-refractivity contribution in [1.82, 2.24) is 10.2 Å². The molecule has 26 heavy (non-hydrogen) atoms. The molecule has 1 N–H and O–H groups in total. The summed E-state index contributed by atoms with van der Waals surface area (Å²) in [5.74, 6) is 0.245. The van der Waals surface area contributed by atoms with Gasteiger partial charge in [0.2, 0.25) is 11.8 Å². The van der Waals surface area contributed by atoms with Crippen molar-refractivity contribution < 1.29 is 14.3 Å². The number of ether oxygens (including phenoxy) is 1. The van der Waals surface area contributed by atoms with E-state index in [1.807, 2.05) is 25.7 Å². The molecule has 0 radical (unpaired) electrons. The largest absolute Gasteiger partial charge is 0.366 e. The fourth-order valence-corrected chi connectivity index (χ4v) is 4.24. The molecule has 5 nitrogen and oxygen atoms in total. The Morgan fingerprint density at radius 3 is 2.62 bits per heavy atom. The second kappa shape index (κ2) is 7.78. The highest BCUT2D eigenvalue weighted by Crippen LogP contribution is 2.43. The Bertz CT molecular complexity index is 663. The van der Waals surface area contributed by atoms with Crippen LogP contribution in [0.2, 0.25) is 0 Å². The monoisotopic (exact) mass is 358 g/mol. The summed E-state index contributed by atoms with van der Waals surface area (Å²) < 4.78 is 6.56. The molecule has 2 aliphatic heterocycles. The number of rotatable bonds is 4. The molecule has 142 valence electrons. The molecule has 1 aromatic carbocycles. The van der Waals surface area contributed by atoms with Crippen LogP contribution in [0.1, 0.15) is 57.6 Å². The summed E-state index contributed by atoms with van der Waals surface area (Å²) in [6.45, 7) is 7.27. The number of amides is 2. The van der Waals surface area contributed by atoms with Crippen molar-refractivity contribution in [2.45, 2.75) is 70.6 Å². The molecule has 2 aliphatic rings. The summed E-state index contributed by atoms with van der Waals surface area (Å²) >= 11 is 0. The van der Waals surface area contributed by atoms with Crippen molar-refractivity contribution in [2.75, 3.05) is 13.1 Å². The van der Waals surface area contributed by atoms with E-state index in [9.17, 15) is 9.59 Å². The predicted molar refractivity (Wildman–Crippen MR) is 101 cm³/mol. The highest BCUT2D eigenvalue weighted by Gasteiger charge is 2.44. The third-order valence-corrected chi connectivity index (χ3v) is 5.44. The molecular weight excluding hydrogens is 328 g/mol. The first kappa shape index (κ1) is 18.9. The van der Waals surface area contributed by atoms with Crippen molar-refractivity contribution in [3.63, 3.8) is 0 Å². The van der Waals surface area contributed by atoms with E-state index in [1.54, 1.807) is 0 Å². The van der Waals surface area contributed by atoms with Crippen LogP contribution in [0, 0.1) is 0 Å². The molecule has 0 bridgehead atoms. The maximum atomic E-state index is 12.2. The minimum absolute atomic E-state index is 0.0399. The highest BCUT2D eigenvalue weighted by molar-refractivity contribution is 5.77. The Morgan fingerprint density at radius 2 is 1.96 bits per heavy atom. The second-order valence-electron chi connectivity index (χ2n) is 7.76. The van der Waals surface area contributed by atoms with Crippen molar-refractivity contribution in [2.24, 2.45) is 0 Å². The topological polar surface area (TPSA) is 58.6 Å². The molecule has 2 amide bonds. The van der Waals surface area contributed by atoms with Crippen LogP contribution in [0.5, 0.6) is 0 Å². The van der Waals surface area contributed by atoms with Crippen LogP contribution in [0.15, 0.2) is 24.3 Å². The number of benzene rings is 1. The van der Waals surface area contributed by atoms with Gasteiger partial charge in [-0.25, -0.2) is 0 Å². The Hall–Kier alpha value is -1.88. The fourth-order valence-electron chi connectivity index (χ4n) is 4.24. The maximum Gasteiger partial charge on any atom is 0.222 e. The summed E-state index contributed by atoms with van der Waals surface area (Å²) in [6, 6.07) is 8.54. The number of fused-ring (bicyclic) bond motifs is 2. The molecule has 5 heteroatoms. The molecule has 0 aromatic heterocycles. The van der Waals surface area contributed by atoms with E-state index in [0.717, 1.165) is 19.3 Å². The van der Waals surface area contributed by atoms with Crippen LogP contribution in [0.25, 0.3) is 0 Å². The number of hydrogen-bond donors (Lipinski definition) is 1. The predicted octanol–water partition coefficient (Wildman–Crippen LogP) is 2.77. The molecule has 1 atom stereocenters. The maximum absolute atomic E-state index is 12.2. The molecule has 3 rings (SSSR count). The van der Waals surface area contributed by atoms with Gasteiger partial charge in [-0.3, -0.25) is 9.59 Å². The average molecular weight is 358 g/mol. The first-order valence-corrected chi connectivity index (χ1v) is 9.77. The molecule has 0 saturated carbocycles. The van der Waals surface area contributed by atoms with Gasteiger partial charge in [0.25, 0.3) is 0 Å². The van der Waals surface area contributed by atoms with Gasteiger partial charge in [0.05, 0.1) is 18.1 Å². The van der Waals surface area contributed by atoms with Gasteiger partial charge in [-0.05, 0) is 44.2 Å². The minimum Gasteiger partial charge on any atom is -0.366 e. The lowest BCUT2D eigenvalue weighted by atomic mass is 9.77. The zero-order chi connectivity index (χ0) is 18.7. The molecule has 1 fully saturated rings. The van der Waals surface area contributed by atoms with E-state index in [4.69, 9.17) is 4.74 Å². The first-order chi connectivity index (χ1) is 12.4. The van der Waals surface area contributed by atoms with Crippen molar-refractivity contribution in [3.05, 3.63) is 35.4 Å². The number of nitrogens with one attached hydrogen (secondary N) is 1. The van der Waals surface area contributed by atoms with E-state index in [1.165, 1.54) is 11.1 Å². The lowest BCUT2D eigenvalue weighted by molar-refractivity contribution is -0.156. The smallest absolute Gasteiger partial charge is 0.222 e. The number of nitrogens with zero attached hydrogens (tertiary/aromatic N) is 1. The van der Waals surface area contributed by atoms with Gasteiger partial charge in [-0.2, -0.15) is 0 Å². The molecule has 0 aliphatic carbocycles. The van der Waals surface area contributed by atoms with Gasteiger partial charge in [-0.15, -0.1) is 0 Å². The van der Waals surface area contributed by atoms with Crippen LogP contribution < -0.4 is 5.32 Å². The Morgan fingerprint density at radius 1 is 1.27 bits per heavy atom. The first-order valence-electron chi connectivity index (χ1n) is 9.77. The van der Waals surface area contributed by atoms with Crippen LogP contribution in [-0.4, -0.2) is 41.9 Å². The van der Waals surface area contributed by atoms with E-state index >= 15 is 0 Å². The van der Waals surface area contributed by atoms with Crippen LogP contribution >= 0.6 is 0 Å². The summed E-state index contributed by atoms with van der Waals surface area (Å²) in [5.41, 5.74) is 2.14. The Kier molecular flexibility index (Phi) is 5.66. The fraction of sp³-hybridized carbons (Fsp3) is 0.619. The highest BCUT2D eigenvalue weighted by atomic mass is 16.5. The number of piperidine rings is 1. The van der Waals surface area contributed by atoms with E-state index in [0.29, 0.717) is 25.9 Å². The third kappa shape index (κ3) is 3.93. The number of carbonyl (C=O) groups excluding carboxylic acids is 2. The molecule has 2 heterocycles. The molecular formula is C21H30N2O3. The molecule has 1 spiro atoms. The van der Waals surface area contributed by atoms with Gasteiger partial charge in [0.1, 0.15) is 0 Å². The Balaban J connectivity index is 1.78. The lowest BCUT2D eigenvalue weighted by Gasteiger charge is -2.47. The van der Waals surface area contributed by atoms with Crippen LogP contribution in [-0.2, 0) is 26.3 Å². The van der Waals surface area contributed by atoms with Gasteiger partial charge >= 0.3 is 0 Å². The average Bonchev–Trinajstić information content (AvgIpc) is 2.61. The normalized spacial score (nSPS) is 21.5. The summed E-state index contributed by atoms with van der Waals surface area (Å²) in [7, 11) is 0. The van der Waals surface area contributed by atoms with Crippen LogP contribution in [0.4, 0.5) is 0 Å².